The quantitative estimate of drug-likeness (QED) is 0.813. The monoisotopic (exact) mass is 275 g/mol. The van der Waals surface area contributed by atoms with Crippen molar-refractivity contribution >= 4 is 12.1 Å². The van der Waals surface area contributed by atoms with Gasteiger partial charge < -0.3 is 15.2 Å². The number of benzene rings is 1. The van der Waals surface area contributed by atoms with E-state index in [4.69, 9.17) is 9.84 Å². The number of amides is 1. The predicted molar refractivity (Wildman–Crippen MR) is 71.5 cm³/mol. The predicted octanol–water partition coefficient (Wildman–Crippen LogP) is 2.51. The molecule has 5 nitrogen and oxygen atoms in total. The highest BCUT2D eigenvalue weighted by molar-refractivity contribution is 5.94. The smallest absolute Gasteiger partial charge is 0.404 e. The highest BCUT2D eigenvalue weighted by atomic mass is 16.6. The summed E-state index contributed by atoms with van der Waals surface area (Å²) in [5.74, 6) is 0.0888. The fourth-order valence-corrected chi connectivity index (χ4v) is 3.30. The van der Waals surface area contributed by atoms with Gasteiger partial charge in [0.25, 0.3) is 0 Å². The molecule has 0 bridgehead atoms. The first-order valence-electron chi connectivity index (χ1n) is 6.90. The maximum absolute atomic E-state index is 11.9. The molecule has 1 aromatic carbocycles. The maximum atomic E-state index is 11.9. The second-order valence-corrected chi connectivity index (χ2v) is 5.56. The van der Waals surface area contributed by atoms with Gasteiger partial charge in [-0.2, -0.15) is 0 Å². The van der Waals surface area contributed by atoms with Gasteiger partial charge in [-0.3, -0.25) is 0 Å². The van der Waals surface area contributed by atoms with E-state index in [2.05, 4.69) is 5.32 Å². The average molecular weight is 275 g/mol. The minimum atomic E-state index is -0.983. The molecular weight excluding hydrogens is 258 g/mol. The molecule has 3 rings (SSSR count). The second kappa shape index (κ2) is 4.81. The van der Waals surface area contributed by atoms with Gasteiger partial charge in [0.1, 0.15) is 5.60 Å². The number of fused-ring (bicyclic) bond motifs is 2. The van der Waals surface area contributed by atoms with E-state index in [0.717, 1.165) is 31.2 Å². The fraction of sp³-hybridized carbons (Fsp3) is 0.467. The van der Waals surface area contributed by atoms with Gasteiger partial charge in [-0.1, -0.05) is 18.2 Å². The summed E-state index contributed by atoms with van der Waals surface area (Å²) in [4.78, 5) is 22.4. The standard InChI is InChI=1S/C15H17NO4/c17-13-11-3-1-2-4-12(11)15(20-13)7-5-10(6-8-15)9-16-14(18)19/h1-4,10,16H,5-9H2,(H,18,19). The minimum Gasteiger partial charge on any atom is -0.465 e. The second-order valence-electron chi connectivity index (χ2n) is 5.56. The Bertz CT molecular complexity index is 547. The fourth-order valence-electron chi connectivity index (χ4n) is 3.30. The Morgan fingerprint density at radius 1 is 1.35 bits per heavy atom. The van der Waals surface area contributed by atoms with Crippen LogP contribution in [0.25, 0.3) is 0 Å². The molecular formula is C15H17NO4. The average Bonchev–Trinajstić information content (AvgIpc) is 2.72. The van der Waals surface area contributed by atoms with Crippen molar-refractivity contribution in [2.75, 3.05) is 6.54 Å². The Morgan fingerprint density at radius 3 is 2.75 bits per heavy atom. The molecule has 0 aromatic heterocycles. The first-order chi connectivity index (χ1) is 9.61. The number of ether oxygens (including phenoxy) is 1. The Balaban J connectivity index is 1.72. The van der Waals surface area contributed by atoms with Crippen LogP contribution in [0.2, 0.25) is 0 Å². The first kappa shape index (κ1) is 13.0. The van der Waals surface area contributed by atoms with Crippen molar-refractivity contribution in [3.05, 3.63) is 35.4 Å². The third-order valence-electron chi connectivity index (χ3n) is 4.38. The van der Waals surface area contributed by atoms with Crippen LogP contribution in [0, 0.1) is 5.92 Å². The van der Waals surface area contributed by atoms with E-state index < -0.39 is 11.7 Å². The topological polar surface area (TPSA) is 75.6 Å². The molecule has 0 radical (unpaired) electrons. The van der Waals surface area contributed by atoms with Gasteiger partial charge in [0.05, 0.1) is 5.56 Å². The molecule has 1 aliphatic heterocycles. The molecule has 2 aliphatic rings. The number of nitrogens with one attached hydrogen (secondary N) is 1. The number of carbonyl (C=O) groups is 2. The van der Waals surface area contributed by atoms with Crippen LogP contribution in [0.4, 0.5) is 4.79 Å². The third kappa shape index (κ3) is 2.13. The summed E-state index contributed by atoms with van der Waals surface area (Å²) < 4.78 is 5.66. The lowest BCUT2D eigenvalue weighted by Gasteiger charge is -2.36. The molecule has 1 heterocycles. The van der Waals surface area contributed by atoms with Crippen LogP contribution in [0.1, 0.15) is 41.6 Å². The lowest BCUT2D eigenvalue weighted by molar-refractivity contribution is -0.0356. The molecule has 0 atom stereocenters. The zero-order chi connectivity index (χ0) is 14.2. The SMILES string of the molecule is O=C(O)NCC1CCC2(CC1)OC(=O)c1ccccc12. The molecule has 1 spiro atoms. The van der Waals surface area contributed by atoms with E-state index in [-0.39, 0.29) is 5.97 Å². The Morgan fingerprint density at radius 2 is 2.05 bits per heavy atom. The zero-order valence-electron chi connectivity index (χ0n) is 11.1. The molecule has 2 N–H and O–H groups in total. The van der Waals surface area contributed by atoms with Crippen LogP contribution in [-0.4, -0.2) is 23.7 Å². The molecule has 1 aromatic rings. The Hall–Kier alpha value is -2.04. The summed E-state index contributed by atoms with van der Waals surface area (Å²) in [7, 11) is 0. The Kier molecular flexibility index (Phi) is 3.12. The molecule has 1 fully saturated rings. The van der Waals surface area contributed by atoms with E-state index in [9.17, 15) is 9.59 Å². The molecule has 1 saturated carbocycles. The number of hydrogen-bond donors (Lipinski definition) is 2. The van der Waals surface area contributed by atoms with Crippen molar-refractivity contribution in [3.63, 3.8) is 0 Å². The summed E-state index contributed by atoms with van der Waals surface area (Å²) in [5.41, 5.74) is 1.19. The highest BCUT2D eigenvalue weighted by Crippen LogP contribution is 2.47. The summed E-state index contributed by atoms with van der Waals surface area (Å²) >= 11 is 0. The molecule has 20 heavy (non-hydrogen) atoms. The van der Waals surface area contributed by atoms with E-state index in [1.165, 1.54) is 0 Å². The van der Waals surface area contributed by atoms with Gasteiger partial charge in [-0.05, 0) is 37.7 Å². The number of esters is 1. The van der Waals surface area contributed by atoms with E-state index in [1.807, 2.05) is 24.3 Å². The zero-order valence-corrected chi connectivity index (χ0v) is 11.1. The van der Waals surface area contributed by atoms with Gasteiger partial charge in [-0.15, -0.1) is 0 Å². The van der Waals surface area contributed by atoms with E-state index in [1.54, 1.807) is 0 Å². The van der Waals surface area contributed by atoms with Crippen LogP contribution < -0.4 is 5.32 Å². The van der Waals surface area contributed by atoms with Gasteiger partial charge in [0, 0.05) is 12.1 Å². The first-order valence-corrected chi connectivity index (χ1v) is 6.90. The molecule has 106 valence electrons. The molecule has 1 amide bonds. The van der Waals surface area contributed by atoms with Gasteiger partial charge in [0.15, 0.2) is 0 Å². The summed E-state index contributed by atoms with van der Waals surface area (Å²) in [6.45, 7) is 0.473. The van der Waals surface area contributed by atoms with Gasteiger partial charge in [0.2, 0.25) is 0 Å². The lowest BCUT2D eigenvalue weighted by atomic mass is 9.75. The molecule has 0 unspecified atom stereocenters. The van der Waals surface area contributed by atoms with Crippen molar-refractivity contribution in [3.8, 4) is 0 Å². The number of hydrogen-bond acceptors (Lipinski definition) is 3. The lowest BCUT2D eigenvalue weighted by Crippen LogP contribution is -2.36. The van der Waals surface area contributed by atoms with Gasteiger partial charge >= 0.3 is 12.1 Å². The summed E-state index contributed by atoms with van der Waals surface area (Å²) in [6, 6.07) is 7.56. The maximum Gasteiger partial charge on any atom is 0.404 e. The van der Waals surface area contributed by atoms with E-state index >= 15 is 0 Å². The van der Waals surface area contributed by atoms with Crippen molar-refractivity contribution in [2.24, 2.45) is 5.92 Å². The summed E-state index contributed by atoms with van der Waals surface area (Å²) in [6.07, 6.45) is 2.27. The van der Waals surface area contributed by atoms with Crippen molar-refractivity contribution < 1.29 is 19.4 Å². The summed E-state index contributed by atoms with van der Waals surface area (Å²) in [5, 5.41) is 11.1. The highest BCUT2D eigenvalue weighted by Gasteiger charge is 2.47. The number of carboxylic acid groups (broad SMARTS) is 1. The molecule has 0 saturated heterocycles. The van der Waals surface area contributed by atoms with E-state index in [0.29, 0.717) is 18.0 Å². The van der Waals surface area contributed by atoms with Crippen molar-refractivity contribution in [1.29, 1.82) is 0 Å². The number of carbonyl (C=O) groups excluding carboxylic acids is 1. The van der Waals surface area contributed by atoms with Crippen LogP contribution in [0.5, 0.6) is 0 Å². The van der Waals surface area contributed by atoms with Gasteiger partial charge in [-0.25, -0.2) is 9.59 Å². The molecule has 1 aliphatic carbocycles. The van der Waals surface area contributed by atoms with Crippen molar-refractivity contribution in [2.45, 2.75) is 31.3 Å². The van der Waals surface area contributed by atoms with Crippen LogP contribution in [-0.2, 0) is 10.3 Å². The van der Waals surface area contributed by atoms with Crippen LogP contribution in [0.3, 0.4) is 0 Å². The third-order valence-corrected chi connectivity index (χ3v) is 4.38. The largest absolute Gasteiger partial charge is 0.465 e. The van der Waals surface area contributed by atoms with Crippen molar-refractivity contribution in [1.82, 2.24) is 5.32 Å². The molecule has 5 heteroatoms. The number of rotatable bonds is 2. The normalized spacial score (nSPS) is 28.0. The Labute approximate surface area is 116 Å². The minimum absolute atomic E-state index is 0.234. The van der Waals surface area contributed by atoms with Crippen LogP contribution >= 0.6 is 0 Å². The van der Waals surface area contributed by atoms with Crippen LogP contribution in [0.15, 0.2) is 24.3 Å².